The maximum absolute atomic E-state index is 11.8. The normalized spacial score (nSPS) is 24.2. The van der Waals surface area contributed by atoms with Crippen molar-refractivity contribution >= 4 is 11.9 Å². The molecule has 0 N–H and O–H groups in total. The van der Waals surface area contributed by atoms with E-state index in [0.29, 0.717) is 6.42 Å². The fraction of sp³-hybridized carbons (Fsp3) is 0.714. The van der Waals surface area contributed by atoms with Crippen LogP contribution in [-0.4, -0.2) is 26.2 Å². The Morgan fingerprint density at radius 3 is 2.17 bits per heavy atom. The number of methoxy groups -OCH3 is 2. The second-order valence-electron chi connectivity index (χ2n) is 5.66. The molecule has 0 heterocycles. The lowest BCUT2D eigenvalue weighted by Gasteiger charge is -2.32. The Labute approximate surface area is 108 Å². The van der Waals surface area contributed by atoms with Gasteiger partial charge in [-0.05, 0) is 18.3 Å². The van der Waals surface area contributed by atoms with Crippen molar-refractivity contribution < 1.29 is 19.1 Å². The number of allylic oxidation sites excluding steroid dienone is 1. The summed E-state index contributed by atoms with van der Waals surface area (Å²) in [6.07, 6.45) is 3.34. The summed E-state index contributed by atoms with van der Waals surface area (Å²) >= 11 is 0. The van der Waals surface area contributed by atoms with Crippen LogP contribution in [0, 0.1) is 17.3 Å². The summed E-state index contributed by atoms with van der Waals surface area (Å²) in [7, 11) is 2.69. The molecule has 0 bridgehead atoms. The molecule has 0 saturated carbocycles. The smallest absolute Gasteiger partial charge is 0.313 e. The molecule has 0 radical (unpaired) electrons. The first-order valence-corrected chi connectivity index (χ1v) is 6.18. The minimum atomic E-state index is -0.523. The van der Waals surface area contributed by atoms with Crippen LogP contribution in [0.15, 0.2) is 11.6 Å². The second-order valence-corrected chi connectivity index (χ2v) is 5.66. The Morgan fingerprint density at radius 1 is 1.17 bits per heavy atom. The predicted molar refractivity (Wildman–Crippen MR) is 67.8 cm³/mol. The van der Waals surface area contributed by atoms with Crippen LogP contribution < -0.4 is 0 Å². The van der Waals surface area contributed by atoms with E-state index in [1.807, 2.05) is 6.08 Å². The molecule has 0 fully saturated rings. The zero-order chi connectivity index (χ0) is 13.9. The van der Waals surface area contributed by atoms with Gasteiger partial charge in [0.05, 0.1) is 26.1 Å². The molecule has 1 aliphatic carbocycles. The van der Waals surface area contributed by atoms with Gasteiger partial charge in [-0.3, -0.25) is 9.59 Å². The molecule has 4 nitrogen and oxygen atoms in total. The summed E-state index contributed by atoms with van der Waals surface area (Å²) in [5.41, 5.74) is 1.20. The Balaban J connectivity index is 3.05. The van der Waals surface area contributed by atoms with E-state index in [0.717, 1.165) is 6.42 Å². The highest BCUT2D eigenvalue weighted by molar-refractivity contribution is 5.84. The lowest BCUT2D eigenvalue weighted by atomic mass is 9.73. The molecule has 0 aliphatic heterocycles. The fourth-order valence-corrected chi connectivity index (χ4v) is 2.32. The van der Waals surface area contributed by atoms with Crippen LogP contribution in [0.2, 0.25) is 0 Å². The van der Waals surface area contributed by atoms with Crippen molar-refractivity contribution in [3.05, 3.63) is 11.6 Å². The van der Waals surface area contributed by atoms with Crippen LogP contribution in [-0.2, 0) is 19.1 Å². The van der Waals surface area contributed by atoms with Gasteiger partial charge in [0.1, 0.15) is 0 Å². The fourth-order valence-electron chi connectivity index (χ4n) is 2.32. The number of hydrogen-bond acceptors (Lipinski definition) is 4. The van der Waals surface area contributed by atoms with E-state index >= 15 is 0 Å². The standard InChI is InChI=1S/C14H22O4/c1-14(2,3)9-6-7-10(12(15)17-4)11(8-9)13(16)18-5/h8,10-11H,6-7H2,1-5H3/t10-,11-/m1/s1. The lowest BCUT2D eigenvalue weighted by molar-refractivity contribution is -0.156. The van der Waals surface area contributed by atoms with Crippen LogP contribution >= 0.6 is 0 Å². The van der Waals surface area contributed by atoms with Gasteiger partial charge in [-0.1, -0.05) is 32.4 Å². The number of carbonyl (C=O) groups is 2. The third-order valence-electron chi connectivity index (χ3n) is 3.48. The molecule has 18 heavy (non-hydrogen) atoms. The van der Waals surface area contributed by atoms with Gasteiger partial charge in [0.2, 0.25) is 0 Å². The first kappa shape index (κ1) is 14.7. The summed E-state index contributed by atoms with van der Waals surface area (Å²) in [5.74, 6) is -1.65. The molecule has 0 aromatic heterocycles. The van der Waals surface area contributed by atoms with E-state index in [9.17, 15) is 9.59 Å². The average molecular weight is 254 g/mol. The third-order valence-corrected chi connectivity index (χ3v) is 3.48. The summed E-state index contributed by atoms with van der Waals surface area (Å²) in [6, 6.07) is 0. The van der Waals surface area contributed by atoms with E-state index in [1.54, 1.807) is 0 Å². The largest absolute Gasteiger partial charge is 0.469 e. The van der Waals surface area contributed by atoms with Gasteiger partial charge < -0.3 is 9.47 Å². The number of rotatable bonds is 2. The number of esters is 2. The van der Waals surface area contributed by atoms with E-state index in [2.05, 4.69) is 20.8 Å². The van der Waals surface area contributed by atoms with Gasteiger partial charge in [-0.25, -0.2) is 0 Å². The topological polar surface area (TPSA) is 52.6 Å². The van der Waals surface area contributed by atoms with Crippen molar-refractivity contribution in [3.63, 3.8) is 0 Å². The van der Waals surface area contributed by atoms with Gasteiger partial charge >= 0.3 is 11.9 Å². The van der Waals surface area contributed by atoms with Crippen molar-refractivity contribution in [1.29, 1.82) is 0 Å². The van der Waals surface area contributed by atoms with Crippen molar-refractivity contribution in [2.24, 2.45) is 17.3 Å². The highest BCUT2D eigenvalue weighted by atomic mass is 16.5. The van der Waals surface area contributed by atoms with Crippen LogP contribution in [0.3, 0.4) is 0 Å². The summed E-state index contributed by atoms with van der Waals surface area (Å²) in [6.45, 7) is 6.31. The molecule has 1 rings (SSSR count). The predicted octanol–water partition coefficient (Wildman–Crippen LogP) is 2.33. The molecule has 2 atom stereocenters. The second kappa shape index (κ2) is 5.55. The maximum Gasteiger partial charge on any atom is 0.313 e. The van der Waals surface area contributed by atoms with Crippen molar-refractivity contribution in [2.75, 3.05) is 14.2 Å². The van der Waals surface area contributed by atoms with Gasteiger partial charge in [-0.2, -0.15) is 0 Å². The Bertz CT molecular complexity index is 362. The molecule has 0 unspecified atom stereocenters. The molecule has 0 amide bonds. The van der Waals surface area contributed by atoms with Crippen molar-refractivity contribution in [3.8, 4) is 0 Å². The number of carbonyl (C=O) groups excluding carboxylic acids is 2. The van der Waals surface area contributed by atoms with Gasteiger partial charge in [0.25, 0.3) is 0 Å². The molecule has 1 aliphatic rings. The monoisotopic (exact) mass is 254 g/mol. The van der Waals surface area contributed by atoms with Gasteiger partial charge in [0.15, 0.2) is 0 Å². The van der Waals surface area contributed by atoms with Gasteiger partial charge in [0, 0.05) is 0 Å². The van der Waals surface area contributed by atoms with E-state index in [1.165, 1.54) is 19.8 Å². The minimum Gasteiger partial charge on any atom is -0.469 e. The van der Waals surface area contributed by atoms with Crippen molar-refractivity contribution in [1.82, 2.24) is 0 Å². The summed E-state index contributed by atoms with van der Waals surface area (Å²) in [5, 5.41) is 0. The average Bonchev–Trinajstić information content (AvgIpc) is 2.35. The SMILES string of the molecule is COC(=O)[C@@H]1C=C(C(C)(C)C)CC[C@H]1C(=O)OC. The minimum absolute atomic E-state index is 0.00730. The summed E-state index contributed by atoms with van der Waals surface area (Å²) in [4.78, 5) is 23.5. The Hall–Kier alpha value is -1.32. The summed E-state index contributed by atoms with van der Waals surface area (Å²) < 4.78 is 9.54. The quantitative estimate of drug-likeness (QED) is 0.560. The number of ether oxygens (including phenoxy) is 2. The Kier molecular flexibility index (Phi) is 4.54. The van der Waals surface area contributed by atoms with E-state index in [4.69, 9.17) is 9.47 Å². The van der Waals surface area contributed by atoms with Gasteiger partial charge in [-0.15, -0.1) is 0 Å². The Morgan fingerprint density at radius 2 is 1.72 bits per heavy atom. The van der Waals surface area contributed by atoms with E-state index < -0.39 is 11.8 Å². The van der Waals surface area contributed by atoms with Crippen LogP contribution in [0.5, 0.6) is 0 Å². The zero-order valence-electron chi connectivity index (χ0n) is 11.8. The zero-order valence-corrected chi connectivity index (χ0v) is 11.8. The lowest BCUT2D eigenvalue weighted by Crippen LogP contribution is -2.34. The molecule has 0 aromatic rings. The molecule has 0 aromatic carbocycles. The number of hydrogen-bond donors (Lipinski definition) is 0. The molecule has 0 saturated heterocycles. The van der Waals surface area contributed by atoms with Crippen molar-refractivity contribution in [2.45, 2.75) is 33.6 Å². The third kappa shape index (κ3) is 3.12. The molecular formula is C14H22O4. The molecule has 4 heteroatoms. The van der Waals surface area contributed by atoms with Crippen LogP contribution in [0.1, 0.15) is 33.6 Å². The molecule has 0 spiro atoms. The van der Waals surface area contributed by atoms with E-state index in [-0.39, 0.29) is 17.4 Å². The molecular weight excluding hydrogens is 232 g/mol. The molecule has 102 valence electrons. The van der Waals surface area contributed by atoms with Crippen LogP contribution in [0.4, 0.5) is 0 Å². The van der Waals surface area contributed by atoms with Crippen LogP contribution in [0.25, 0.3) is 0 Å². The highest BCUT2D eigenvalue weighted by Crippen LogP contribution is 2.38. The maximum atomic E-state index is 11.8. The first-order valence-electron chi connectivity index (χ1n) is 6.18. The first-order chi connectivity index (χ1) is 8.31. The highest BCUT2D eigenvalue weighted by Gasteiger charge is 2.38.